The molecule has 0 fully saturated rings. The van der Waals surface area contributed by atoms with Crippen LogP contribution in [0.2, 0.25) is 0 Å². The number of benzene rings is 8. The highest BCUT2D eigenvalue weighted by atomic mass is 19.4. The van der Waals surface area contributed by atoms with Gasteiger partial charge in [0.25, 0.3) is 0 Å². The van der Waals surface area contributed by atoms with Crippen LogP contribution < -0.4 is 0 Å². The summed E-state index contributed by atoms with van der Waals surface area (Å²) in [4.78, 5) is 10.9. The minimum absolute atomic E-state index is 0.246. The Kier molecular flexibility index (Phi) is 9.73. The van der Waals surface area contributed by atoms with Gasteiger partial charge in [-0.05, 0) is 125 Å². The molecule has 0 saturated carbocycles. The maximum absolute atomic E-state index is 15.2. The number of imidazole rings is 2. The van der Waals surface area contributed by atoms with E-state index in [9.17, 15) is 0 Å². The van der Waals surface area contributed by atoms with Crippen molar-refractivity contribution in [3.05, 3.63) is 258 Å². The van der Waals surface area contributed by atoms with Gasteiger partial charge >= 0.3 is 12.4 Å². The number of hydrogen-bond acceptors (Lipinski definition) is 2. The lowest BCUT2D eigenvalue weighted by Gasteiger charge is -2.48. The van der Waals surface area contributed by atoms with Gasteiger partial charge in [0.15, 0.2) is 11.6 Å². The van der Waals surface area contributed by atoms with Crippen LogP contribution >= 0.6 is 0 Å². The van der Waals surface area contributed by atoms with E-state index in [0.717, 1.165) is 66.7 Å². The van der Waals surface area contributed by atoms with Crippen LogP contribution in [0.15, 0.2) is 158 Å². The van der Waals surface area contributed by atoms with Gasteiger partial charge in [-0.25, -0.2) is 9.97 Å². The van der Waals surface area contributed by atoms with Crippen LogP contribution in [0.3, 0.4) is 0 Å². The molecule has 0 radical (unpaired) electrons. The molecule has 1 aliphatic heterocycles. The van der Waals surface area contributed by atoms with E-state index < -0.39 is 46.1 Å². The topological polar surface area (TPSA) is 35.6 Å². The van der Waals surface area contributed by atoms with Crippen molar-refractivity contribution in [2.24, 2.45) is 0 Å². The first kappa shape index (κ1) is 48.5. The summed E-state index contributed by atoms with van der Waals surface area (Å²) in [6, 6.07) is 48.8. The number of aryl methyl sites for hydroxylation is 2. The molecular formula is C70H50F6N4. The molecule has 6 aliphatic carbocycles. The highest BCUT2D eigenvalue weighted by Gasteiger charge is 2.56. The van der Waals surface area contributed by atoms with Crippen LogP contribution in [0, 0.1) is 23.7 Å². The number of fused-ring (bicyclic) bond motifs is 7. The van der Waals surface area contributed by atoms with E-state index in [2.05, 4.69) is 98.6 Å². The van der Waals surface area contributed by atoms with Crippen LogP contribution in [0.4, 0.5) is 26.3 Å². The number of nitrogens with zero attached hydrogens (tertiary/aromatic N) is 4. The highest BCUT2D eigenvalue weighted by molar-refractivity contribution is 5.91. The summed E-state index contributed by atoms with van der Waals surface area (Å²) in [5, 5.41) is 0. The molecule has 0 unspecified atom stereocenters. The number of halogens is 6. The summed E-state index contributed by atoms with van der Waals surface area (Å²) in [5.41, 5.74) is 10.3. The van der Waals surface area contributed by atoms with Crippen LogP contribution in [0.1, 0.15) is 154 Å². The predicted molar refractivity (Wildman–Crippen MR) is 300 cm³/mol. The molecule has 0 spiro atoms. The van der Waals surface area contributed by atoms with Gasteiger partial charge in [-0.1, -0.05) is 187 Å². The van der Waals surface area contributed by atoms with Crippen LogP contribution in [0.25, 0.3) is 33.7 Å². The van der Waals surface area contributed by atoms with Crippen molar-refractivity contribution in [2.45, 2.75) is 100 Å². The smallest absolute Gasteiger partial charge is 0.320 e. The number of alkyl halides is 6. The summed E-state index contributed by atoms with van der Waals surface area (Å²) in [7, 11) is 0. The first-order chi connectivity index (χ1) is 38.2. The second-order valence-electron chi connectivity index (χ2n) is 24.2. The Morgan fingerprint density at radius 2 is 0.750 bits per heavy atom. The Morgan fingerprint density at radius 1 is 0.425 bits per heavy atom. The Balaban J connectivity index is 0.954. The molecule has 0 N–H and O–H groups in total. The highest BCUT2D eigenvalue weighted by Crippen LogP contribution is 2.63. The molecule has 10 aromatic rings. The summed E-state index contributed by atoms with van der Waals surface area (Å²) >= 11 is 0. The molecule has 0 saturated heterocycles. The lowest BCUT2D eigenvalue weighted by atomic mass is 9.52. The van der Waals surface area contributed by atoms with Gasteiger partial charge < -0.3 is 9.13 Å². The van der Waals surface area contributed by atoms with Crippen LogP contribution in [-0.4, -0.2) is 19.1 Å². The van der Waals surface area contributed by atoms with Crippen molar-refractivity contribution in [1.82, 2.24) is 19.1 Å². The molecule has 4 bridgehead atoms. The van der Waals surface area contributed by atoms with Gasteiger partial charge in [0.05, 0.1) is 33.3 Å². The van der Waals surface area contributed by atoms with Crippen molar-refractivity contribution in [2.75, 3.05) is 0 Å². The van der Waals surface area contributed by atoms with Crippen molar-refractivity contribution >= 4 is 22.1 Å². The maximum Gasteiger partial charge on any atom is 0.416 e. The van der Waals surface area contributed by atoms with Crippen molar-refractivity contribution in [3.63, 3.8) is 0 Å². The van der Waals surface area contributed by atoms with Crippen molar-refractivity contribution in [1.29, 1.82) is 0 Å². The summed E-state index contributed by atoms with van der Waals surface area (Å²) in [5.74, 6) is 14.8. The molecule has 10 heteroatoms. The monoisotopic (exact) mass is 1060 g/mol. The van der Waals surface area contributed by atoms with E-state index in [4.69, 9.17) is 9.97 Å². The number of hydrogen-bond donors (Lipinski definition) is 0. The van der Waals surface area contributed by atoms with E-state index in [0.29, 0.717) is 58.0 Å². The molecule has 80 heavy (non-hydrogen) atoms. The molecule has 17 rings (SSSR count). The summed E-state index contributed by atoms with van der Waals surface area (Å²) in [6.07, 6.45) is -9.18. The Bertz CT molecular complexity index is 4140. The maximum atomic E-state index is 15.2. The fourth-order valence-electron chi connectivity index (χ4n) is 14.3. The zero-order valence-electron chi connectivity index (χ0n) is 44.6. The van der Waals surface area contributed by atoms with Crippen molar-refractivity contribution < 1.29 is 26.3 Å². The quantitative estimate of drug-likeness (QED) is 0.112. The lowest BCUT2D eigenvalue weighted by Crippen LogP contribution is -2.42. The van der Waals surface area contributed by atoms with Gasteiger partial charge in [0, 0.05) is 24.9 Å². The van der Waals surface area contributed by atoms with Crippen molar-refractivity contribution in [3.8, 4) is 35.3 Å². The molecule has 4 nitrogen and oxygen atoms in total. The standard InChI is InChI=1S/C70H50F6N4/c1-65(2,3)41-35-39(29-31-67-47-21-11-7-17-43(47)57(44-18-8-12-22-48(44)67)59-51(67)25-15-27-53(59)69(71,72)73)61-55(37-41)79-33-34-80-56-38-42(66(4,5)6)36-40(62(56)78-64(80)63(79)77-61)30-32-68-49-23-13-9-19-45(49)58(46-20-10-14-24-50(46)68)60-52(68)26-16-28-54(60)70(74,75)76/h7-28,35-38,57-58H,33-34H2,1-6H3. The fraction of sp³-hybridized carbons (Fsp3) is 0.229. The Hall–Kier alpha value is -8.60. The van der Waals surface area contributed by atoms with Gasteiger partial charge in [-0.2, -0.15) is 26.3 Å². The largest absolute Gasteiger partial charge is 0.416 e. The van der Waals surface area contributed by atoms with E-state index in [1.165, 1.54) is 24.3 Å². The third-order valence-electron chi connectivity index (χ3n) is 17.9. The van der Waals surface area contributed by atoms with Gasteiger partial charge in [0.1, 0.15) is 21.9 Å². The predicted octanol–water partition coefficient (Wildman–Crippen LogP) is 16.1. The third kappa shape index (κ3) is 6.45. The molecular weight excluding hydrogens is 1010 g/mol. The molecule has 2 aromatic heterocycles. The molecule has 0 atom stereocenters. The van der Waals surface area contributed by atoms with Gasteiger partial charge in [-0.3, -0.25) is 0 Å². The average Bonchev–Trinajstić information content (AvgIpc) is 1.25. The Labute approximate surface area is 459 Å². The molecule has 0 amide bonds. The first-order valence-corrected chi connectivity index (χ1v) is 27.1. The average molecular weight is 1060 g/mol. The molecule has 7 aliphatic rings. The van der Waals surface area contributed by atoms with E-state index in [1.807, 2.05) is 109 Å². The van der Waals surface area contributed by atoms with Crippen LogP contribution in [0.5, 0.6) is 0 Å². The fourth-order valence-corrected chi connectivity index (χ4v) is 14.3. The first-order valence-electron chi connectivity index (χ1n) is 27.1. The van der Waals surface area contributed by atoms with E-state index in [-0.39, 0.29) is 22.0 Å². The number of aromatic nitrogens is 4. The molecule has 392 valence electrons. The van der Waals surface area contributed by atoms with Gasteiger partial charge in [0.2, 0.25) is 0 Å². The second-order valence-corrected chi connectivity index (χ2v) is 24.2. The van der Waals surface area contributed by atoms with Gasteiger partial charge in [-0.15, -0.1) is 0 Å². The zero-order valence-corrected chi connectivity index (χ0v) is 44.6. The molecule has 3 heterocycles. The number of rotatable bonds is 0. The summed E-state index contributed by atoms with van der Waals surface area (Å²) in [6.45, 7) is 14.0. The Morgan fingerprint density at radius 3 is 1.07 bits per heavy atom. The lowest BCUT2D eigenvalue weighted by molar-refractivity contribution is -0.139. The second kappa shape index (κ2) is 16.0. The van der Waals surface area contributed by atoms with E-state index in [1.54, 1.807) is 0 Å². The minimum atomic E-state index is -4.59. The SMILES string of the molecule is CC(C)(C)c1cc(C#CC23c4ccccc4C(c4ccccc42)c2c(C(F)(F)F)cccc23)c2nc3n(c2c1)CCn1c-3nc2c(C#CC34c5ccccc5C(c5ccccc53)c3c(C(F)(F)F)cccc34)cc(C(C)(C)C)cc21. The van der Waals surface area contributed by atoms with Crippen LogP contribution in [-0.2, 0) is 47.1 Å². The third-order valence-corrected chi connectivity index (χ3v) is 17.9. The van der Waals surface area contributed by atoms with E-state index >= 15 is 26.3 Å². The zero-order chi connectivity index (χ0) is 55.2. The minimum Gasteiger partial charge on any atom is -0.320 e. The summed E-state index contributed by atoms with van der Waals surface area (Å²) < 4.78 is 95.5. The normalized spacial score (nSPS) is 19.8. The molecule has 8 aromatic carbocycles.